The molecule has 4 aromatic rings. The van der Waals surface area contributed by atoms with E-state index in [1.54, 1.807) is 24.3 Å². The Balaban J connectivity index is 1.86. The normalized spacial score (nSPS) is 11.5. The molecule has 9 heteroatoms. The second-order valence-corrected chi connectivity index (χ2v) is 9.95. The topological polar surface area (TPSA) is 43.4 Å². The summed E-state index contributed by atoms with van der Waals surface area (Å²) in [6.45, 7) is 7.06. The Bertz CT molecular complexity index is 1450. The molecule has 3 aromatic carbocycles. The molecule has 0 aliphatic heterocycles. The average molecular weight is 519 g/mol. The minimum absolute atomic E-state index is 0.102. The summed E-state index contributed by atoms with van der Waals surface area (Å²) in [6, 6.07) is 14.7. The number of alkyl halides is 1. The lowest BCUT2D eigenvalue weighted by atomic mass is 10.1. The first-order valence-corrected chi connectivity index (χ1v) is 12.3. The number of hydrogen-bond acceptors (Lipinski definition) is 3. The maximum atomic E-state index is 15.2. The molecule has 31 heavy (non-hydrogen) atoms. The lowest BCUT2D eigenvalue weighted by Crippen LogP contribution is -2.12. The molecule has 0 fully saturated rings. The Morgan fingerprint density at radius 2 is 1.77 bits per heavy atom. The van der Waals surface area contributed by atoms with Crippen LogP contribution in [0.25, 0.3) is 15.7 Å². The average Bonchev–Trinajstić information content (AvgIpc) is 3.20. The molecule has 0 amide bonds. The number of nitrogens with zero attached hydrogens (tertiary/aromatic N) is 2. The molecule has 0 aliphatic rings. The Labute approximate surface area is 190 Å². The molecule has 0 atom stereocenters. The van der Waals surface area contributed by atoms with E-state index in [9.17, 15) is 12.8 Å². The number of fused-ring (bicyclic) bond motifs is 1. The Hall–Kier alpha value is -2.67. The zero-order valence-electron chi connectivity index (χ0n) is 15.7. The van der Waals surface area contributed by atoms with Crippen molar-refractivity contribution < 1.29 is 17.2 Å². The predicted octanol–water partition coefficient (Wildman–Crippen LogP) is 6.75. The molecular weight excluding hydrogens is 506 g/mol. The molecule has 1 heterocycles. The number of rotatable bonds is 5. The van der Waals surface area contributed by atoms with Gasteiger partial charge in [0, 0.05) is 27.9 Å². The van der Waals surface area contributed by atoms with E-state index in [0.29, 0.717) is 15.8 Å². The summed E-state index contributed by atoms with van der Waals surface area (Å²) in [5.41, 5.74) is 0.642. The first-order valence-electron chi connectivity index (χ1n) is 8.90. The third kappa shape index (κ3) is 3.87. The van der Waals surface area contributed by atoms with Crippen LogP contribution in [0, 0.1) is 18.2 Å². The van der Waals surface area contributed by atoms with Crippen LogP contribution in [-0.2, 0) is 15.4 Å². The standard InChI is InChI=1S/C22H13BrF2N2O2S2/c1-26-20-11-14(7-8-18(20)24)30-22-17(13-23)16-9-10-27(21(16)12-19(22)25)31(28,29)15-5-3-2-4-6-15/h2-12H,13H2. The van der Waals surface area contributed by atoms with Gasteiger partial charge in [-0.1, -0.05) is 45.9 Å². The maximum Gasteiger partial charge on any atom is 0.268 e. The van der Waals surface area contributed by atoms with Crippen molar-refractivity contribution in [3.8, 4) is 0 Å². The molecular formula is C22H13BrF2N2O2S2. The molecule has 4 nitrogen and oxygen atoms in total. The third-order valence-electron chi connectivity index (χ3n) is 4.66. The van der Waals surface area contributed by atoms with E-state index in [1.165, 1.54) is 42.6 Å². The van der Waals surface area contributed by atoms with Crippen molar-refractivity contribution in [3.05, 3.63) is 95.5 Å². The van der Waals surface area contributed by atoms with Crippen molar-refractivity contribution in [2.75, 3.05) is 0 Å². The lowest BCUT2D eigenvalue weighted by molar-refractivity contribution is 0.588. The summed E-state index contributed by atoms with van der Waals surface area (Å²) in [7, 11) is -3.90. The zero-order valence-corrected chi connectivity index (χ0v) is 18.9. The smallest absolute Gasteiger partial charge is 0.241 e. The van der Waals surface area contributed by atoms with Crippen LogP contribution < -0.4 is 0 Å². The predicted molar refractivity (Wildman–Crippen MR) is 120 cm³/mol. The van der Waals surface area contributed by atoms with Crippen molar-refractivity contribution in [2.24, 2.45) is 0 Å². The van der Waals surface area contributed by atoms with Crippen molar-refractivity contribution >= 4 is 54.3 Å². The molecule has 0 bridgehead atoms. The van der Waals surface area contributed by atoms with Crippen LogP contribution >= 0.6 is 27.7 Å². The van der Waals surface area contributed by atoms with E-state index >= 15 is 4.39 Å². The summed E-state index contributed by atoms with van der Waals surface area (Å²) < 4.78 is 56.0. The van der Waals surface area contributed by atoms with E-state index in [0.717, 1.165) is 15.7 Å². The number of hydrogen-bond donors (Lipinski definition) is 0. The monoisotopic (exact) mass is 518 g/mol. The first-order chi connectivity index (χ1) is 14.9. The molecule has 4 rings (SSSR count). The van der Waals surface area contributed by atoms with Gasteiger partial charge in [-0.25, -0.2) is 26.0 Å². The van der Waals surface area contributed by atoms with Gasteiger partial charge in [-0.15, -0.1) is 0 Å². The molecule has 0 radical (unpaired) electrons. The maximum absolute atomic E-state index is 15.2. The van der Waals surface area contributed by atoms with Gasteiger partial charge in [0.25, 0.3) is 10.0 Å². The van der Waals surface area contributed by atoms with E-state index in [4.69, 9.17) is 6.57 Å². The van der Waals surface area contributed by atoms with E-state index < -0.39 is 21.7 Å². The fraction of sp³-hybridized carbons (Fsp3) is 0.0455. The molecule has 156 valence electrons. The minimum atomic E-state index is -3.90. The SMILES string of the molecule is [C-]#[N+]c1cc(Sc2c(F)cc3c(ccn3S(=O)(=O)c3ccccc3)c2CBr)ccc1F. The van der Waals surface area contributed by atoms with Crippen LogP contribution in [0.2, 0.25) is 0 Å². The van der Waals surface area contributed by atoms with Gasteiger partial charge in [-0.3, -0.25) is 0 Å². The largest absolute Gasteiger partial charge is 0.268 e. The van der Waals surface area contributed by atoms with Crippen molar-refractivity contribution in [3.63, 3.8) is 0 Å². The van der Waals surface area contributed by atoms with E-state index in [2.05, 4.69) is 20.8 Å². The van der Waals surface area contributed by atoms with Crippen LogP contribution in [0.4, 0.5) is 14.5 Å². The molecule has 0 unspecified atom stereocenters. The van der Waals surface area contributed by atoms with Gasteiger partial charge in [-0.2, -0.15) is 0 Å². The molecule has 0 spiro atoms. The Morgan fingerprint density at radius 1 is 1.03 bits per heavy atom. The van der Waals surface area contributed by atoms with Gasteiger partial charge in [0.1, 0.15) is 11.6 Å². The Morgan fingerprint density at radius 3 is 2.45 bits per heavy atom. The molecule has 0 aliphatic carbocycles. The molecule has 0 saturated carbocycles. The van der Waals surface area contributed by atoms with Gasteiger partial charge < -0.3 is 0 Å². The summed E-state index contributed by atoms with van der Waals surface area (Å²) in [6.07, 6.45) is 1.40. The second kappa shape index (κ2) is 8.46. The molecule has 0 saturated heterocycles. The van der Waals surface area contributed by atoms with Crippen LogP contribution in [0.1, 0.15) is 5.56 Å². The van der Waals surface area contributed by atoms with Gasteiger partial charge in [0.2, 0.25) is 5.69 Å². The highest BCUT2D eigenvalue weighted by atomic mass is 79.9. The van der Waals surface area contributed by atoms with Crippen LogP contribution in [-0.4, -0.2) is 12.4 Å². The minimum Gasteiger partial charge on any atom is -0.241 e. The zero-order chi connectivity index (χ0) is 22.2. The molecule has 0 N–H and O–H groups in total. The Kier molecular flexibility index (Phi) is 5.88. The van der Waals surface area contributed by atoms with Gasteiger partial charge in [0.05, 0.1) is 21.9 Å². The number of halogens is 3. The number of benzene rings is 3. The summed E-state index contributed by atoms with van der Waals surface area (Å²) in [5.74, 6) is -1.25. The highest BCUT2D eigenvalue weighted by Gasteiger charge is 2.23. The van der Waals surface area contributed by atoms with Gasteiger partial charge in [-0.05, 0) is 42.0 Å². The second-order valence-electron chi connectivity index (χ2n) is 6.49. The van der Waals surface area contributed by atoms with Crippen molar-refractivity contribution in [2.45, 2.75) is 20.0 Å². The van der Waals surface area contributed by atoms with Crippen LogP contribution in [0.3, 0.4) is 0 Å². The number of aromatic nitrogens is 1. The molecule has 1 aromatic heterocycles. The lowest BCUT2D eigenvalue weighted by Gasteiger charge is -2.13. The summed E-state index contributed by atoms with van der Waals surface area (Å²) in [4.78, 5) is 4.02. The van der Waals surface area contributed by atoms with Gasteiger partial charge in [0.15, 0.2) is 0 Å². The van der Waals surface area contributed by atoms with Crippen molar-refractivity contribution in [1.82, 2.24) is 3.97 Å². The fourth-order valence-electron chi connectivity index (χ4n) is 3.19. The third-order valence-corrected chi connectivity index (χ3v) is 8.06. The summed E-state index contributed by atoms with van der Waals surface area (Å²) in [5, 5.41) is 0.850. The highest BCUT2D eigenvalue weighted by Crippen LogP contribution is 2.40. The van der Waals surface area contributed by atoms with Gasteiger partial charge >= 0.3 is 0 Å². The quantitative estimate of drug-likeness (QED) is 0.216. The van der Waals surface area contributed by atoms with Crippen LogP contribution in [0.5, 0.6) is 0 Å². The highest BCUT2D eigenvalue weighted by molar-refractivity contribution is 9.08. The van der Waals surface area contributed by atoms with Crippen molar-refractivity contribution in [1.29, 1.82) is 0 Å². The van der Waals surface area contributed by atoms with Crippen LogP contribution in [0.15, 0.2) is 81.5 Å². The fourth-order valence-corrected chi connectivity index (χ4v) is 6.32. The first kappa shape index (κ1) is 21.6. The van der Waals surface area contributed by atoms with E-state index in [-0.39, 0.29) is 26.3 Å². The summed E-state index contributed by atoms with van der Waals surface area (Å²) >= 11 is 4.43. The van der Waals surface area contributed by atoms with E-state index in [1.807, 2.05) is 0 Å².